The van der Waals surface area contributed by atoms with Crippen LogP contribution in [0.25, 0.3) is 5.65 Å². The first-order chi connectivity index (χ1) is 9.58. The zero-order chi connectivity index (χ0) is 14.7. The molecule has 2 unspecified atom stereocenters. The summed E-state index contributed by atoms with van der Waals surface area (Å²) in [6.07, 6.45) is 4.03. The van der Waals surface area contributed by atoms with Crippen molar-refractivity contribution in [2.75, 3.05) is 11.4 Å². The Labute approximate surface area is 121 Å². The van der Waals surface area contributed by atoms with Crippen molar-refractivity contribution in [2.45, 2.75) is 52.6 Å². The van der Waals surface area contributed by atoms with Crippen molar-refractivity contribution in [3.05, 3.63) is 30.1 Å². The van der Waals surface area contributed by atoms with Crippen molar-refractivity contribution in [3.63, 3.8) is 0 Å². The van der Waals surface area contributed by atoms with E-state index in [1.165, 1.54) is 5.69 Å². The number of imidazole rings is 1. The molecule has 2 N–H and O–H groups in total. The van der Waals surface area contributed by atoms with Crippen LogP contribution >= 0.6 is 0 Å². The summed E-state index contributed by atoms with van der Waals surface area (Å²) in [5.74, 6) is 1.09. The van der Waals surface area contributed by atoms with Crippen molar-refractivity contribution < 1.29 is 0 Å². The maximum atomic E-state index is 6.03. The summed E-state index contributed by atoms with van der Waals surface area (Å²) in [5.41, 5.74) is 8.25. The second-order valence-electron chi connectivity index (χ2n) is 5.54. The van der Waals surface area contributed by atoms with Crippen molar-refractivity contribution in [2.24, 2.45) is 5.73 Å². The average molecular weight is 274 g/mol. The Hall–Kier alpha value is -1.55. The number of anilines is 1. The summed E-state index contributed by atoms with van der Waals surface area (Å²) in [6, 6.07) is 6.74. The number of rotatable bonds is 6. The average Bonchev–Trinajstić information content (AvgIpc) is 2.78. The zero-order valence-corrected chi connectivity index (χ0v) is 13.0. The summed E-state index contributed by atoms with van der Waals surface area (Å²) < 4.78 is 2.17. The molecule has 110 valence electrons. The first kappa shape index (κ1) is 14.9. The highest BCUT2D eigenvalue weighted by Crippen LogP contribution is 2.25. The Morgan fingerprint density at radius 2 is 2.05 bits per heavy atom. The molecule has 0 aliphatic rings. The van der Waals surface area contributed by atoms with Crippen LogP contribution in [0, 0.1) is 0 Å². The molecule has 0 bridgehead atoms. The minimum atomic E-state index is 0.129. The lowest BCUT2D eigenvalue weighted by atomic mass is 10.1. The van der Waals surface area contributed by atoms with Gasteiger partial charge >= 0.3 is 0 Å². The van der Waals surface area contributed by atoms with Gasteiger partial charge in [0.05, 0.1) is 5.69 Å². The molecule has 2 aromatic rings. The van der Waals surface area contributed by atoms with E-state index in [1.54, 1.807) is 0 Å². The Morgan fingerprint density at radius 3 is 2.65 bits per heavy atom. The third-order valence-electron chi connectivity index (χ3n) is 3.86. The fourth-order valence-corrected chi connectivity index (χ4v) is 2.65. The van der Waals surface area contributed by atoms with Gasteiger partial charge in [0.2, 0.25) is 0 Å². The molecule has 0 aliphatic heterocycles. The van der Waals surface area contributed by atoms with Crippen LogP contribution in [0.5, 0.6) is 0 Å². The van der Waals surface area contributed by atoms with Crippen LogP contribution in [0.15, 0.2) is 24.4 Å². The minimum Gasteiger partial charge on any atom is -0.353 e. The lowest BCUT2D eigenvalue weighted by Gasteiger charge is -2.28. The number of hydrogen-bond acceptors (Lipinski definition) is 3. The minimum absolute atomic E-state index is 0.129. The molecule has 0 saturated carbocycles. The van der Waals surface area contributed by atoms with E-state index in [0.29, 0.717) is 6.04 Å². The largest absolute Gasteiger partial charge is 0.353 e. The predicted octanol–water partition coefficient (Wildman–Crippen LogP) is 2.85. The second-order valence-corrected chi connectivity index (χ2v) is 5.54. The molecule has 2 heterocycles. The van der Waals surface area contributed by atoms with Crippen molar-refractivity contribution in [3.8, 4) is 0 Å². The first-order valence-electron chi connectivity index (χ1n) is 7.56. The van der Waals surface area contributed by atoms with Gasteiger partial charge in [0.15, 0.2) is 5.82 Å². The number of fused-ring (bicyclic) bond motifs is 1. The molecule has 0 amide bonds. The van der Waals surface area contributed by atoms with Gasteiger partial charge in [0.25, 0.3) is 0 Å². The number of hydrogen-bond donors (Lipinski definition) is 1. The molecule has 2 aromatic heterocycles. The van der Waals surface area contributed by atoms with Crippen LogP contribution < -0.4 is 10.6 Å². The molecular weight excluding hydrogens is 248 g/mol. The van der Waals surface area contributed by atoms with Crippen molar-refractivity contribution in [1.29, 1.82) is 0 Å². The molecule has 2 rings (SSSR count). The Morgan fingerprint density at radius 1 is 1.30 bits per heavy atom. The topological polar surface area (TPSA) is 46.6 Å². The monoisotopic (exact) mass is 274 g/mol. The molecule has 0 fully saturated rings. The molecule has 0 aromatic carbocycles. The van der Waals surface area contributed by atoms with Crippen LogP contribution in [0.2, 0.25) is 0 Å². The smallest absolute Gasteiger partial charge is 0.151 e. The molecule has 2 atom stereocenters. The Balaban J connectivity index is 2.55. The lowest BCUT2D eigenvalue weighted by molar-refractivity contribution is 0.617. The highest BCUT2D eigenvalue weighted by molar-refractivity contribution is 5.56. The summed E-state index contributed by atoms with van der Waals surface area (Å²) >= 11 is 0. The van der Waals surface area contributed by atoms with Crippen LogP contribution in [0.1, 0.15) is 39.8 Å². The van der Waals surface area contributed by atoms with E-state index in [9.17, 15) is 0 Å². The molecule has 0 saturated heterocycles. The molecule has 0 aliphatic carbocycles. The van der Waals surface area contributed by atoms with Gasteiger partial charge in [-0.15, -0.1) is 0 Å². The summed E-state index contributed by atoms with van der Waals surface area (Å²) in [5, 5.41) is 0. The van der Waals surface area contributed by atoms with E-state index in [2.05, 4.69) is 42.3 Å². The van der Waals surface area contributed by atoms with Gasteiger partial charge in [0.1, 0.15) is 5.65 Å². The Bertz CT molecular complexity index is 559. The molecule has 0 radical (unpaired) electrons. The van der Waals surface area contributed by atoms with E-state index in [0.717, 1.165) is 30.9 Å². The van der Waals surface area contributed by atoms with Gasteiger partial charge in [-0.25, -0.2) is 4.98 Å². The third-order valence-corrected chi connectivity index (χ3v) is 3.86. The van der Waals surface area contributed by atoms with E-state index in [1.807, 2.05) is 19.1 Å². The quantitative estimate of drug-likeness (QED) is 0.881. The van der Waals surface area contributed by atoms with Crippen molar-refractivity contribution >= 4 is 11.5 Å². The van der Waals surface area contributed by atoms with Gasteiger partial charge in [0, 0.05) is 31.2 Å². The van der Waals surface area contributed by atoms with E-state index >= 15 is 0 Å². The van der Waals surface area contributed by atoms with Gasteiger partial charge in [-0.3, -0.25) is 0 Å². The maximum absolute atomic E-state index is 6.03. The van der Waals surface area contributed by atoms with Gasteiger partial charge in [-0.05, 0) is 39.3 Å². The normalized spacial score (nSPS) is 14.4. The van der Waals surface area contributed by atoms with E-state index < -0.39 is 0 Å². The summed E-state index contributed by atoms with van der Waals surface area (Å²) in [7, 11) is 0. The van der Waals surface area contributed by atoms with Gasteiger partial charge in [-0.1, -0.05) is 13.0 Å². The number of aromatic nitrogens is 2. The van der Waals surface area contributed by atoms with Crippen LogP contribution in [-0.2, 0) is 6.42 Å². The van der Waals surface area contributed by atoms with Crippen LogP contribution in [-0.4, -0.2) is 28.0 Å². The Kier molecular flexibility index (Phi) is 4.65. The zero-order valence-electron chi connectivity index (χ0n) is 13.0. The number of nitrogens with zero attached hydrogens (tertiary/aromatic N) is 3. The summed E-state index contributed by atoms with van der Waals surface area (Å²) in [4.78, 5) is 7.22. The predicted molar refractivity (Wildman–Crippen MR) is 85.3 cm³/mol. The molecule has 4 heteroatoms. The van der Waals surface area contributed by atoms with E-state index in [-0.39, 0.29) is 6.04 Å². The number of pyridine rings is 1. The molecule has 20 heavy (non-hydrogen) atoms. The first-order valence-corrected chi connectivity index (χ1v) is 7.56. The maximum Gasteiger partial charge on any atom is 0.151 e. The van der Waals surface area contributed by atoms with Gasteiger partial charge in [-0.2, -0.15) is 0 Å². The SMILES string of the molecule is CCC(C)N(CC)c1nc2ccccn2c1CC(C)N. The number of nitrogens with two attached hydrogens (primary N) is 1. The highest BCUT2D eigenvalue weighted by atomic mass is 15.2. The second kappa shape index (κ2) is 6.27. The molecule has 0 spiro atoms. The molecule has 4 nitrogen and oxygen atoms in total. The van der Waals surface area contributed by atoms with Crippen LogP contribution in [0.3, 0.4) is 0 Å². The third kappa shape index (κ3) is 2.80. The van der Waals surface area contributed by atoms with Crippen LogP contribution in [0.4, 0.5) is 5.82 Å². The van der Waals surface area contributed by atoms with E-state index in [4.69, 9.17) is 10.7 Å². The fraction of sp³-hybridized carbons (Fsp3) is 0.562. The lowest BCUT2D eigenvalue weighted by Crippen LogP contribution is -2.34. The highest BCUT2D eigenvalue weighted by Gasteiger charge is 2.20. The van der Waals surface area contributed by atoms with Crippen molar-refractivity contribution in [1.82, 2.24) is 9.38 Å². The standard InChI is InChI=1S/C16H26N4/c1-5-13(4)19(6-2)16-14(11-12(3)17)20-10-8-7-9-15(20)18-16/h7-10,12-13H,5-6,11,17H2,1-4H3. The molecular formula is C16H26N4. The van der Waals surface area contributed by atoms with Gasteiger partial charge < -0.3 is 15.0 Å². The summed E-state index contributed by atoms with van der Waals surface area (Å²) in [6.45, 7) is 9.67. The fourth-order valence-electron chi connectivity index (χ4n) is 2.65.